The Morgan fingerprint density at radius 1 is 1.36 bits per heavy atom. The van der Waals surface area contributed by atoms with Crippen LogP contribution < -0.4 is 0 Å². The van der Waals surface area contributed by atoms with Gasteiger partial charge in [0, 0.05) is 0 Å². The van der Waals surface area contributed by atoms with Gasteiger partial charge in [-0.1, -0.05) is 25.6 Å². The average molecular weight is 172 g/mol. The van der Waals surface area contributed by atoms with Gasteiger partial charge in [0.05, 0.1) is 6.61 Å². The van der Waals surface area contributed by atoms with Crippen molar-refractivity contribution in [1.29, 1.82) is 0 Å². The molecule has 0 bridgehead atoms. The third-order valence-electron chi connectivity index (χ3n) is 1.01. The number of rotatable bonds is 1. The molecular formula is C8H16O2Si. The lowest BCUT2D eigenvalue weighted by molar-refractivity contribution is 0.0519. The minimum absolute atomic E-state index is 0.301. The third kappa shape index (κ3) is 6.11. The Morgan fingerprint density at radius 3 is 2.09 bits per heavy atom. The highest BCUT2D eigenvalue weighted by atomic mass is 28.3. The summed E-state index contributed by atoms with van der Waals surface area (Å²) in [5.74, 6) is 2.67. The molecule has 0 aromatic carbocycles. The van der Waals surface area contributed by atoms with Gasteiger partial charge in [0.15, 0.2) is 0 Å². The molecule has 0 unspecified atom stereocenters. The molecule has 11 heavy (non-hydrogen) atoms. The Hall–Kier alpha value is -0.303. The van der Waals surface area contributed by atoms with Crippen molar-refractivity contribution in [3.05, 3.63) is 0 Å². The Kier molecular flexibility index (Phi) is 3.30. The monoisotopic (exact) mass is 172 g/mol. The smallest absolute Gasteiger partial charge is 0.144 e. The molecule has 0 radical (unpaired) electrons. The van der Waals surface area contributed by atoms with Gasteiger partial charge in [0.2, 0.25) is 0 Å². The van der Waals surface area contributed by atoms with Crippen LogP contribution >= 0.6 is 0 Å². The first-order valence-corrected chi connectivity index (χ1v) is 7.14. The first kappa shape index (κ1) is 10.7. The summed E-state index contributed by atoms with van der Waals surface area (Å²) < 4.78 is 0. The molecule has 0 aromatic heterocycles. The van der Waals surface area contributed by atoms with Gasteiger partial charge in [-0.05, 0) is 6.92 Å². The summed E-state index contributed by atoms with van der Waals surface area (Å²) in [6.07, 6.45) is 0. The summed E-state index contributed by atoms with van der Waals surface area (Å²) in [5, 5.41) is 17.9. The minimum atomic E-state index is -1.42. The molecule has 2 N–H and O–H groups in total. The van der Waals surface area contributed by atoms with E-state index in [0.29, 0.717) is 0 Å². The van der Waals surface area contributed by atoms with E-state index in [1.54, 1.807) is 0 Å². The summed E-state index contributed by atoms with van der Waals surface area (Å²) in [7, 11) is -1.42. The summed E-state index contributed by atoms with van der Waals surface area (Å²) in [4.78, 5) is 0. The van der Waals surface area contributed by atoms with Crippen molar-refractivity contribution >= 4 is 8.07 Å². The predicted molar refractivity (Wildman–Crippen MR) is 48.8 cm³/mol. The second-order valence-electron chi connectivity index (χ2n) is 3.93. The van der Waals surface area contributed by atoms with Gasteiger partial charge >= 0.3 is 0 Å². The second-order valence-corrected chi connectivity index (χ2v) is 8.68. The number of hydrogen-bond donors (Lipinski definition) is 2. The second kappa shape index (κ2) is 3.40. The molecule has 0 aromatic rings. The van der Waals surface area contributed by atoms with Crippen molar-refractivity contribution in [2.24, 2.45) is 0 Å². The van der Waals surface area contributed by atoms with Gasteiger partial charge in [-0.3, -0.25) is 0 Å². The molecule has 2 nitrogen and oxygen atoms in total. The molecule has 0 saturated carbocycles. The molecule has 0 aliphatic carbocycles. The SMILES string of the molecule is C[C@](O)(C#C[Si](C)(C)C)CO. The standard InChI is InChI=1S/C8H16O2Si/c1-8(10,7-9)5-6-11(2,3)4/h9-10H,7H2,1-4H3/t8-/m0/s1. The fourth-order valence-corrected chi connectivity index (χ4v) is 1.01. The summed E-state index contributed by atoms with van der Waals surface area (Å²) in [6, 6.07) is 0. The molecular weight excluding hydrogens is 156 g/mol. The zero-order valence-corrected chi connectivity index (χ0v) is 8.60. The molecule has 0 aliphatic rings. The topological polar surface area (TPSA) is 40.5 Å². The van der Waals surface area contributed by atoms with Gasteiger partial charge in [0.1, 0.15) is 13.7 Å². The zero-order chi connectivity index (χ0) is 9.12. The molecule has 0 aliphatic heterocycles. The maximum atomic E-state index is 9.29. The molecule has 0 amide bonds. The summed E-state index contributed by atoms with van der Waals surface area (Å²) >= 11 is 0. The molecule has 0 saturated heterocycles. The van der Waals surface area contributed by atoms with Gasteiger partial charge in [-0.15, -0.1) is 5.54 Å². The van der Waals surface area contributed by atoms with Gasteiger partial charge in [-0.2, -0.15) is 0 Å². The van der Waals surface area contributed by atoms with E-state index in [9.17, 15) is 5.11 Å². The molecule has 0 heterocycles. The molecule has 64 valence electrons. The number of aliphatic hydroxyl groups is 2. The first-order chi connectivity index (χ1) is 4.77. The average Bonchev–Trinajstić information content (AvgIpc) is 1.83. The summed E-state index contributed by atoms with van der Waals surface area (Å²) in [6.45, 7) is 7.49. The molecule has 0 rings (SSSR count). The van der Waals surface area contributed by atoms with Crippen molar-refractivity contribution in [3.8, 4) is 11.5 Å². The van der Waals surface area contributed by atoms with Gasteiger partial charge < -0.3 is 10.2 Å². The Bertz CT molecular complexity index is 180. The lowest BCUT2D eigenvalue weighted by atomic mass is 10.1. The lowest BCUT2D eigenvalue weighted by Gasteiger charge is -2.13. The minimum Gasteiger partial charge on any atom is -0.392 e. The number of aliphatic hydroxyl groups excluding tert-OH is 1. The Morgan fingerprint density at radius 2 is 1.82 bits per heavy atom. The van der Waals surface area contributed by atoms with E-state index >= 15 is 0 Å². The number of hydrogen-bond acceptors (Lipinski definition) is 2. The maximum absolute atomic E-state index is 9.29. The highest BCUT2D eigenvalue weighted by Gasteiger charge is 2.16. The van der Waals surface area contributed by atoms with Crippen molar-refractivity contribution in [2.45, 2.75) is 32.2 Å². The van der Waals surface area contributed by atoms with Crippen LogP contribution in [-0.2, 0) is 0 Å². The van der Waals surface area contributed by atoms with Gasteiger partial charge in [0.25, 0.3) is 0 Å². The van der Waals surface area contributed by atoms with Crippen LogP contribution in [0.25, 0.3) is 0 Å². The van der Waals surface area contributed by atoms with E-state index in [-0.39, 0.29) is 6.61 Å². The van der Waals surface area contributed by atoms with Crippen LogP contribution in [-0.4, -0.2) is 30.5 Å². The Balaban J connectivity index is 4.29. The largest absolute Gasteiger partial charge is 0.392 e. The summed E-state index contributed by atoms with van der Waals surface area (Å²) in [5.41, 5.74) is 1.77. The molecule has 0 spiro atoms. The molecule has 1 atom stereocenters. The van der Waals surface area contributed by atoms with Crippen molar-refractivity contribution in [3.63, 3.8) is 0 Å². The van der Waals surface area contributed by atoms with E-state index in [1.807, 2.05) is 0 Å². The van der Waals surface area contributed by atoms with Crippen molar-refractivity contribution < 1.29 is 10.2 Å². The van der Waals surface area contributed by atoms with Crippen LogP contribution in [0.15, 0.2) is 0 Å². The quantitative estimate of drug-likeness (QED) is 0.449. The highest BCUT2D eigenvalue weighted by Crippen LogP contribution is 2.02. The van der Waals surface area contributed by atoms with Gasteiger partial charge in [-0.25, -0.2) is 0 Å². The fraction of sp³-hybridized carbons (Fsp3) is 0.750. The van der Waals surface area contributed by atoms with Crippen LogP contribution in [0.3, 0.4) is 0 Å². The van der Waals surface area contributed by atoms with Crippen LogP contribution in [0.2, 0.25) is 19.6 Å². The van der Waals surface area contributed by atoms with E-state index < -0.39 is 13.7 Å². The molecule has 0 fully saturated rings. The van der Waals surface area contributed by atoms with Crippen LogP contribution in [0.5, 0.6) is 0 Å². The molecule has 3 heteroatoms. The van der Waals surface area contributed by atoms with Crippen LogP contribution in [0.1, 0.15) is 6.92 Å². The zero-order valence-electron chi connectivity index (χ0n) is 7.60. The normalized spacial score (nSPS) is 16.5. The van der Waals surface area contributed by atoms with E-state index in [1.165, 1.54) is 6.92 Å². The third-order valence-corrected chi connectivity index (χ3v) is 1.89. The highest BCUT2D eigenvalue weighted by molar-refractivity contribution is 6.83. The van der Waals surface area contributed by atoms with E-state index in [2.05, 4.69) is 31.1 Å². The van der Waals surface area contributed by atoms with Crippen molar-refractivity contribution in [1.82, 2.24) is 0 Å². The predicted octanol–water partition coefficient (Wildman–Crippen LogP) is 0.610. The first-order valence-electron chi connectivity index (χ1n) is 3.64. The van der Waals surface area contributed by atoms with E-state index in [4.69, 9.17) is 5.11 Å². The maximum Gasteiger partial charge on any atom is 0.144 e. The van der Waals surface area contributed by atoms with E-state index in [0.717, 1.165) is 0 Å². The Labute approximate surface area is 69.3 Å². The lowest BCUT2D eigenvalue weighted by Crippen LogP contribution is -2.28. The van der Waals surface area contributed by atoms with Crippen LogP contribution in [0, 0.1) is 11.5 Å². The van der Waals surface area contributed by atoms with Crippen molar-refractivity contribution in [2.75, 3.05) is 6.61 Å². The fourth-order valence-electron chi connectivity index (χ4n) is 0.362. The van der Waals surface area contributed by atoms with Crippen LogP contribution in [0.4, 0.5) is 0 Å².